The molecule has 230 valence electrons. The Hall–Kier alpha value is -3.35. The van der Waals surface area contributed by atoms with Gasteiger partial charge in [-0.2, -0.15) is 0 Å². The van der Waals surface area contributed by atoms with Crippen LogP contribution < -0.4 is 16.0 Å². The molecule has 41 heavy (non-hydrogen) atoms. The van der Waals surface area contributed by atoms with E-state index in [1.54, 1.807) is 17.9 Å². The van der Waals surface area contributed by atoms with Crippen LogP contribution in [0.5, 0.6) is 0 Å². The molecule has 1 saturated heterocycles. The minimum absolute atomic E-state index is 0.0869. The summed E-state index contributed by atoms with van der Waals surface area (Å²) >= 11 is 0. The number of amides is 2. The van der Waals surface area contributed by atoms with E-state index in [-0.39, 0.29) is 36.5 Å². The highest BCUT2D eigenvalue weighted by Gasteiger charge is 2.40. The number of piperazine rings is 1. The molecule has 12 heteroatoms. The molecule has 0 radical (unpaired) electrons. The van der Waals surface area contributed by atoms with Crippen molar-refractivity contribution in [2.45, 2.75) is 72.1 Å². The van der Waals surface area contributed by atoms with Gasteiger partial charge in [-0.3, -0.25) is 14.5 Å². The number of benzene rings is 1. The van der Waals surface area contributed by atoms with E-state index in [4.69, 9.17) is 15.9 Å². The van der Waals surface area contributed by atoms with Crippen LogP contribution in [-0.4, -0.2) is 87.8 Å². The summed E-state index contributed by atoms with van der Waals surface area (Å²) in [6.45, 7) is 13.2. The first-order valence-electron chi connectivity index (χ1n) is 13.6. The summed E-state index contributed by atoms with van der Waals surface area (Å²) in [5, 5.41) is 29.2. The number of carboxylic acids is 2. The summed E-state index contributed by atoms with van der Waals surface area (Å²) in [5.74, 6) is -3.07. The van der Waals surface area contributed by atoms with Crippen LogP contribution in [0.2, 0.25) is 0 Å². The largest absolute Gasteiger partial charge is 0.478 e. The Kier molecular flexibility index (Phi) is 14.1. The van der Waals surface area contributed by atoms with E-state index in [2.05, 4.69) is 19.2 Å². The topological polar surface area (TPSA) is 173 Å². The fourth-order valence-corrected chi connectivity index (χ4v) is 4.20. The van der Waals surface area contributed by atoms with E-state index in [0.29, 0.717) is 43.4 Å². The summed E-state index contributed by atoms with van der Waals surface area (Å²) in [5.41, 5.74) is 7.28. The normalized spacial score (nSPS) is 18.2. The molecular weight excluding hydrogens is 535 g/mol. The molecule has 4 atom stereocenters. The van der Waals surface area contributed by atoms with Gasteiger partial charge in [0.25, 0.3) is 0 Å². The second-order valence-corrected chi connectivity index (χ2v) is 11.2. The van der Waals surface area contributed by atoms with Gasteiger partial charge < -0.3 is 31.3 Å². The SMILES string of the molecule is CC[C@H](C)CNC(=O)[C@H](C)C[C@H](O)[C@@H](N)CN1CC(=O)N(c2cc(F)ccc2C)CC1(C)C.O=C(O)/C=C/C(=O)O. The van der Waals surface area contributed by atoms with Crippen molar-refractivity contribution >= 4 is 29.4 Å². The molecule has 0 spiro atoms. The highest BCUT2D eigenvalue weighted by molar-refractivity contribution is 5.96. The molecule has 1 aliphatic rings. The molecule has 1 aromatic carbocycles. The Morgan fingerprint density at radius 1 is 1.17 bits per heavy atom. The number of hydrogen-bond acceptors (Lipinski definition) is 7. The molecule has 1 fully saturated rings. The van der Waals surface area contributed by atoms with Crippen LogP contribution >= 0.6 is 0 Å². The molecule has 1 heterocycles. The number of aliphatic hydroxyl groups is 1. The van der Waals surface area contributed by atoms with Crippen LogP contribution in [0.1, 0.15) is 53.0 Å². The lowest BCUT2D eigenvalue weighted by molar-refractivity contribution is -0.134. The lowest BCUT2D eigenvalue weighted by Crippen LogP contribution is -2.64. The van der Waals surface area contributed by atoms with E-state index in [1.807, 2.05) is 25.7 Å². The third kappa shape index (κ3) is 12.0. The van der Waals surface area contributed by atoms with Crippen molar-refractivity contribution in [2.75, 3.05) is 31.1 Å². The van der Waals surface area contributed by atoms with Crippen LogP contribution in [0.25, 0.3) is 0 Å². The van der Waals surface area contributed by atoms with E-state index >= 15 is 0 Å². The molecule has 0 bridgehead atoms. The van der Waals surface area contributed by atoms with Crippen molar-refractivity contribution in [2.24, 2.45) is 17.6 Å². The number of nitrogens with two attached hydrogens (primary N) is 1. The number of carboxylic acid groups (broad SMARTS) is 2. The fourth-order valence-electron chi connectivity index (χ4n) is 4.20. The van der Waals surface area contributed by atoms with Gasteiger partial charge >= 0.3 is 11.9 Å². The highest BCUT2D eigenvalue weighted by atomic mass is 19.1. The van der Waals surface area contributed by atoms with Gasteiger partial charge in [0, 0.05) is 55.0 Å². The minimum atomic E-state index is -1.26. The van der Waals surface area contributed by atoms with Crippen LogP contribution in [0.4, 0.5) is 10.1 Å². The summed E-state index contributed by atoms with van der Waals surface area (Å²) in [4.78, 5) is 48.0. The number of halogens is 1. The maximum absolute atomic E-state index is 13.8. The second-order valence-electron chi connectivity index (χ2n) is 11.2. The molecule has 0 saturated carbocycles. The second kappa shape index (κ2) is 16.2. The maximum Gasteiger partial charge on any atom is 0.328 e. The van der Waals surface area contributed by atoms with E-state index in [1.165, 1.54) is 12.1 Å². The summed E-state index contributed by atoms with van der Waals surface area (Å²) in [6.07, 6.45) is 1.49. The molecule has 2 amide bonds. The zero-order valence-corrected chi connectivity index (χ0v) is 24.8. The Balaban J connectivity index is 0.000000915. The highest BCUT2D eigenvalue weighted by Crippen LogP contribution is 2.29. The van der Waals surface area contributed by atoms with Gasteiger partial charge in [-0.05, 0) is 50.8 Å². The van der Waals surface area contributed by atoms with Crippen LogP contribution in [0.15, 0.2) is 30.4 Å². The fraction of sp³-hybridized carbons (Fsp3) is 0.586. The van der Waals surface area contributed by atoms with Crippen LogP contribution in [-0.2, 0) is 19.2 Å². The number of anilines is 1. The van der Waals surface area contributed by atoms with E-state index < -0.39 is 29.6 Å². The third-order valence-electron chi connectivity index (χ3n) is 7.15. The number of nitrogens with one attached hydrogen (secondary N) is 1. The van der Waals surface area contributed by atoms with Gasteiger partial charge in [-0.25, -0.2) is 14.0 Å². The average molecular weight is 581 g/mol. The molecular formula is C29H45FN4O7. The molecule has 1 aliphatic heterocycles. The Bertz CT molecular complexity index is 1080. The average Bonchev–Trinajstić information content (AvgIpc) is 2.89. The standard InChI is InChI=1S/C25H41FN4O3.C4H4O4/c1-7-16(2)12-28-24(33)18(4)10-22(31)20(27)13-29-14-23(32)30(15-25(29,5)6)21-11-19(26)9-8-17(21)3;5-3(6)1-2-4(7)8/h8-9,11,16,18,20,22,31H,7,10,12-15,27H2,1-6H3,(H,28,33);1-2H,(H,5,6)(H,7,8)/b;2-1+/t16-,18+,20-,22-;/m0./s1. The van der Waals surface area contributed by atoms with Gasteiger partial charge in [0.2, 0.25) is 11.8 Å². The van der Waals surface area contributed by atoms with Crippen LogP contribution in [0, 0.1) is 24.6 Å². The monoisotopic (exact) mass is 580 g/mol. The number of aryl methyl sites for hydroxylation is 1. The number of rotatable bonds is 12. The lowest BCUT2D eigenvalue weighted by Gasteiger charge is -2.48. The molecule has 0 unspecified atom stereocenters. The smallest absolute Gasteiger partial charge is 0.328 e. The summed E-state index contributed by atoms with van der Waals surface area (Å²) < 4.78 is 13.8. The van der Waals surface area contributed by atoms with Gasteiger partial charge in [-0.15, -0.1) is 0 Å². The summed E-state index contributed by atoms with van der Waals surface area (Å²) in [7, 11) is 0. The van der Waals surface area contributed by atoms with Crippen LogP contribution in [0.3, 0.4) is 0 Å². The first-order chi connectivity index (χ1) is 19.0. The predicted octanol–water partition coefficient (Wildman–Crippen LogP) is 2.15. The Morgan fingerprint density at radius 3 is 2.29 bits per heavy atom. The van der Waals surface area contributed by atoms with Gasteiger partial charge in [0.05, 0.1) is 12.6 Å². The van der Waals surface area contributed by atoms with Crippen molar-refractivity contribution in [3.8, 4) is 0 Å². The van der Waals surface area contributed by atoms with Gasteiger partial charge in [0.15, 0.2) is 0 Å². The van der Waals surface area contributed by atoms with E-state index in [9.17, 15) is 28.7 Å². The lowest BCUT2D eigenvalue weighted by atomic mass is 9.93. The number of hydrogen-bond donors (Lipinski definition) is 5. The van der Waals surface area contributed by atoms with Crippen molar-refractivity contribution < 1.29 is 38.9 Å². The molecule has 11 nitrogen and oxygen atoms in total. The van der Waals surface area contributed by atoms with Gasteiger partial charge in [0.1, 0.15) is 5.82 Å². The molecule has 0 aliphatic carbocycles. The molecule has 0 aromatic heterocycles. The predicted molar refractivity (Wildman–Crippen MR) is 154 cm³/mol. The number of aliphatic carboxylic acids is 2. The van der Waals surface area contributed by atoms with Crippen molar-refractivity contribution in [1.29, 1.82) is 0 Å². The van der Waals surface area contributed by atoms with Gasteiger partial charge in [-0.1, -0.05) is 33.3 Å². The van der Waals surface area contributed by atoms with E-state index in [0.717, 1.165) is 12.0 Å². The first-order valence-corrected chi connectivity index (χ1v) is 13.6. The number of carbonyl (C=O) groups excluding carboxylic acids is 2. The quantitative estimate of drug-likeness (QED) is 0.232. The zero-order chi connectivity index (χ0) is 31.5. The van der Waals surface area contributed by atoms with Crippen molar-refractivity contribution in [3.05, 3.63) is 41.7 Å². The van der Waals surface area contributed by atoms with Crippen molar-refractivity contribution in [1.82, 2.24) is 10.2 Å². The third-order valence-corrected chi connectivity index (χ3v) is 7.15. The molecule has 2 rings (SSSR count). The van der Waals surface area contributed by atoms with Crippen molar-refractivity contribution in [3.63, 3.8) is 0 Å². The maximum atomic E-state index is 13.8. The molecule has 1 aromatic rings. The number of nitrogens with zero attached hydrogens (tertiary/aromatic N) is 2. The Morgan fingerprint density at radius 2 is 1.76 bits per heavy atom. The molecule has 6 N–H and O–H groups in total. The minimum Gasteiger partial charge on any atom is -0.478 e. The summed E-state index contributed by atoms with van der Waals surface area (Å²) in [6, 6.07) is 3.84. The zero-order valence-electron chi connectivity index (χ0n) is 24.8. The Labute approximate surface area is 241 Å². The number of aliphatic hydroxyl groups excluding tert-OH is 1. The number of carbonyl (C=O) groups is 4. The first kappa shape index (κ1) is 35.7.